The molecule has 13 heavy (non-hydrogen) atoms. The molecule has 0 saturated heterocycles. The Hall–Kier alpha value is -1.32. The first kappa shape index (κ1) is 11.7. The first-order valence-corrected chi connectivity index (χ1v) is 3.94. The normalized spacial score (nSPS) is 10.7. The van der Waals surface area contributed by atoms with Crippen LogP contribution >= 0.6 is 0 Å². The lowest BCUT2D eigenvalue weighted by Gasteiger charge is -2.24. The van der Waals surface area contributed by atoms with Crippen molar-refractivity contribution in [2.75, 3.05) is 13.6 Å². The molecule has 0 fully saturated rings. The molecule has 0 rings (SSSR count). The van der Waals surface area contributed by atoms with Crippen LogP contribution in [0, 0.1) is 5.41 Å². The minimum absolute atomic E-state index is 0.357. The summed E-state index contributed by atoms with van der Waals surface area (Å²) < 4.78 is 0. The van der Waals surface area contributed by atoms with Gasteiger partial charge >= 0.3 is 5.97 Å². The minimum atomic E-state index is -1.36. The predicted octanol–water partition coefficient (Wildman–Crippen LogP) is 0.742. The van der Waals surface area contributed by atoms with Gasteiger partial charge in [0.2, 0.25) is 5.91 Å². The molecule has 0 saturated carbocycles. The summed E-state index contributed by atoms with van der Waals surface area (Å²) in [6.07, 6.45) is 1.55. The summed E-state index contributed by atoms with van der Waals surface area (Å²) in [6, 6.07) is 0. The molecule has 4 nitrogen and oxygen atoms in total. The number of hydrogen-bond acceptors (Lipinski definition) is 2. The highest BCUT2D eigenvalue weighted by atomic mass is 16.4. The summed E-state index contributed by atoms with van der Waals surface area (Å²) >= 11 is 0. The van der Waals surface area contributed by atoms with Gasteiger partial charge in [-0.1, -0.05) is 6.08 Å². The third kappa shape index (κ3) is 2.57. The van der Waals surface area contributed by atoms with Crippen molar-refractivity contribution < 1.29 is 14.7 Å². The van der Waals surface area contributed by atoms with Gasteiger partial charge in [0.15, 0.2) is 0 Å². The van der Waals surface area contributed by atoms with Crippen LogP contribution in [0.2, 0.25) is 0 Å². The number of aliphatic carboxylic acids is 1. The van der Waals surface area contributed by atoms with Gasteiger partial charge in [0.1, 0.15) is 5.41 Å². The summed E-state index contributed by atoms with van der Waals surface area (Å²) in [4.78, 5) is 23.5. The Morgan fingerprint density at radius 1 is 1.54 bits per heavy atom. The fourth-order valence-electron chi connectivity index (χ4n) is 0.845. The van der Waals surface area contributed by atoms with Gasteiger partial charge in [0, 0.05) is 13.6 Å². The molecule has 0 aromatic heterocycles. The molecule has 1 amide bonds. The predicted molar refractivity (Wildman–Crippen MR) is 49.3 cm³/mol. The average Bonchev–Trinajstić information content (AvgIpc) is 2.03. The van der Waals surface area contributed by atoms with Crippen LogP contribution in [0.4, 0.5) is 0 Å². The lowest BCUT2D eigenvalue weighted by molar-refractivity contribution is -0.157. The highest BCUT2D eigenvalue weighted by molar-refractivity contribution is 6.00. The molecule has 0 heterocycles. The lowest BCUT2D eigenvalue weighted by atomic mass is 9.92. The average molecular weight is 185 g/mol. The van der Waals surface area contributed by atoms with Crippen LogP contribution in [-0.2, 0) is 9.59 Å². The van der Waals surface area contributed by atoms with Crippen LogP contribution in [0.1, 0.15) is 13.8 Å². The SMILES string of the molecule is C=CCN(C)C(=O)C(C)(C)C(=O)O. The molecule has 1 N–H and O–H groups in total. The molecular formula is C9H15NO3. The fourth-order valence-corrected chi connectivity index (χ4v) is 0.845. The highest BCUT2D eigenvalue weighted by Gasteiger charge is 2.37. The quantitative estimate of drug-likeness (QED) is 0.519. The van der Waals surface area contributed by atoms with Crippen LogP contribution < -0.4 is 0 Å². The molecule has 0 aromatic rings. The third-order valence-electron chi connectivity index (χ3n) is 1.82. The smallest absolute Gasteiger partial charge is 0.318 e. The number of hydrogen-bond donors (Lipinski definition) is 1. The van der Waals surface area contributed by atoms with E-state index in [4.69, 9.17) is 5.11 Å². The molecule has 0 spiro atoms. The zero-order valence-electron chi connectivity index (χ0n) is 8.20. The highest BCUT2D eigenvalue weighted by Crippen LogP contribution is 2.18. The van der Waals surface area contributed by atoms with Crippen molar-refractivity contribution in [2.45, 2.75) is 13.8 Å². The molecule has 4 heteroatoms. The van der Waals surface area contributed by atoms with E-state index in [1.807, 2.05) is 0 Å². The summed E-state index contributed by atoms with van der Waals surface area (Å²) in [7, 11) is 1.55. The van der Waals surface area contributed by atoms with Crippen LogP contribution in [0.5, 0.6) is 0 Å². The minimum Gasteiger partial charge on any atom is -0.480 e. The maximum Gasteiger partial charge on any atom is 0.318 e. The van der Waals surface area contributed by atoms with Gasteiger partial charge in [-0.05, 0) is 13.8 Å². The van der Waals surface area contributed by atoms with E-state index in [9.17, 15) is 9.59 Å². The number of carbonyl (C=O) groups excluding carboxylic acids is 1. The van der Waals surface area contributed by atoms with Gasteiger partial charge in [-0.25, -0.2) is 0 Å². The van der Waals surface area contributed by atoms with Crippen LogP contribution in [0.15, 0.2) is 12.7 Å². The Kier molecular flexibility index (Phi) is 3.66. The molecule has 0 aliphatic heterocycles. The summed E-state index contributed by atoms with van der Waals surface area (Å²) in [5.74, 6) is -1.53. The Bertz CT molecular complexity index is 233. The Labute approximate surface area is 77.8 Å². The molecule has 0 aliphatic rings. The van der Waals surface area contributed by atoms with E-state index in [0.29, 0.717) is 6.54 Å². The number of carbonyl (C=O) groups is 2. The maximum atomic E-state index is 11.5. The first-order valence-electron chi connectivity index (χ1n) is 3.94. The number of likely N-dealkylation sites (N-methyl/N-ethyl adjacent to an activating group) is 1. The van der Waals surface area contributed by atoms with Gasteiger partial charge in [0.05, 0.1) is 0 Å². The van der Waals surface area contributed by atoms with Crippen LogP contribution in [-0.4, -0.2) is 35.5 Å². The Balaban J connectivity index is 4.58. The number of amides is 1. The van der Waals surface area contributed by atoms with Crippen molar-refractivity contribution in [3.8, 4) is 0 Å². The van der Waals surface area contributed by atoms with E-state index in [1.165, 1.54) is 18.7 Å². The number of carboxylic acid groups (broad SMARTS) is 1. The second kappa shape index (κ2) is 4.07. The zero-order valence-corrected chi connectivity index (χ0v) is 8.20. The molecule has 0 unspecified atom stereocenters. The van der Waals surface area contributed by atoms with Gasteiger partial charge in [-0.15, -0.1) is 6.58 Å². The summed E-state index contributed by atoms with van der Waals surface area (Å²) in [5, 5.41) is 8.76. The van der Waals surface area contributed by atoms with Gasteiger partial charge in [0.25, 0.3) is 0 Å². The monoisotopic (exact) mass is 185 g/mol. The molecule has 0 aliphatic carbocycles. The van der Waals surface area contributed by atoms with Gasteiger partial charge in [-0.3, -0.25) is 9.59 Å². The van der Waals surface area contributed by atoms with Gasteiger partial charge < -0.3 is 10.0 Å². The second-order valence-electron chi connectivity index (χ2n) is 3.40. The van der Waals surface area contributed by atoms with Crippen molar-refractivity contribution >= 4 is 11.9 Å². The van der Waals surface area contributed by atoms with E-state index in [0.717, 1.165) is 0 Å². The van der Waals surface area contributed by atoms with Crippen molar-refractivity contribution in [1.29, 1.82) is 0 Å². The lowest BCUT2D eigenvalue weighted by Crippen LogP contribution is -2.43. The second-order valence-corrected chi connectivity index (χ2v) is 3.40. The van der Waals surface area contributed by atoms with Crippen molar-refractivity contribution in [2.24, 2.45) is 5.41 Å². The Morgan fingerprint density at radius 3 is 2.31 bits per heavy atom. The van der Waals surface area contributed by atoms with Crippen LogP contribution in [0.25, 0.3) is 0 Å². The summed E-state index contributed by atoms with van der Waals surface area (Å²) in [5.41, 5.74) is -1.36. The Morgan fingerprint density at radius 2 is 2.00 bits per heavy atom. The van der Waals surface area contributed by atoms with E-state index >= 15 is 0 Å². The first-order chi connectivity index (χ1) is 5.84. The molecule has 0 radical (unpaired) electrons. The molecule has 0 atom stereocenters. The number of nitrogens with zero attached hydrogens (tertiary/aromatic N) is 1. The van der Waals surface area contributed by atoms with E-state index < -0.39 is 17.3 Å². The number of rotatable bonds is 4. The standard InChI is InChI=1S/C9H15NO3/c1-5-6-10(4)7(11)9(2,3)8(12)13/h5H,1,6H2,2-4H3,(H,12,13). The largest absolute Gasteiger partial charge is 0.480 e. The molecule has 0 aromatic carbocycles. The van der Waals surface area contributed by atoms with E-state index in [1.54, 1.807) is 13.1 Å². The van der Waals surface area contributed by atoms with Crippen molar-refractivity contribution in [3.05, 3.63) is 12.7 Å². The van der Waals surface area contributed by atoms with Gasteiger partial charge in [-0.2, -0.15) is 0 Å². The topological polar surface area (TPSA) is 57.6 Å². The zero-order chi connectivity index (χ0) is 10.6. The molecule has 0 bridgehead atoms. The summed E-state index contributed by atoms with van der Waals surface area (Å²) in [6.45, 7) is 6.60. The molecular weight excluding hydrogens is 170 g/mol. The number of carboxylic acids is 1. The van der Waals surface area contributed by atoms with E-state index in [-0.39, 0.29) is 0 Å². The third-order valence-corrected chi connectivity index (χ3v) is 1.82. The van der Waals surface area contributed by atoms with Crippen molar-refractivity contribution in [1.82, 2.24) is 4.90 Å². The maximum absolute atomic E-state index is 11.5. The fraction of sp³-hybridized carbons (Fsp3) is 0.556. The van der Waals surface area contributed by atoms with Crippen LogP contribution in [0.3, 0.4) is 0 Å². The molecule has 74 valence electrons. The van der Waals surface area contributed by atoms with E-state index in [2.05, 4.69) is 6.58 Å². The van der Waals surface area contributed by atoms with Crippen molar-refractivity contribution in [3.63, 3.8) is 0 Å².